The number of aliphatic hydroxyl groups excluding tert-OH is 1. The SMILES string of the molecule is COc1c2c(c(OC)c3c(OC)cccc13)[C@]1(CCC[C@@H](C)O1)O[C@H](CCO)C2. The monoisotopic (exact) mass is 402 g/mol. The Bertz CT molecular complexity index is 895. The van der Waals surface area contributed by atoms with Crippen molar-refractivity contribution in [2.24, 2.45) is 0 Å². The molecule has 1 N–H and O–H groups in total. The maximum absolute atomic E-state index is 9.58. The van der Waals surface area contributed by atoms with Crippen molar-refractivity contribution in [3.8, 4) is 17.2 Å². The summed E-state index contributed by atoms with van der Waals surface area (Å²) in [6, 6.07) is 5.90. The topological polar surface area (TPSA) is 66.4 Å². The molecule has 2 aromatic rings. The van der Waals surface area contributed by atoms with E-state index in [1.807, 2.05) is 18.2 Å². The Labute approximate surface area is 171 Å². The van der Waals surface area contributed by atoms with E-state index in [1.54, 1.807) is 21.3 Å². The van der Waals surface area contributed by atoms with Gasteiger partial charge in [0.1, 0.15) is 17.2 Å². The molecule has 0 aliphatic carbocycles. The number of ether oxygens (including phenoxy) is 5. The Morgan fingerprint density at radius 2 is 1.90 bits per heavy atom. The first-order valence-corrected chi connectivity index (χ1v) is 10.3. The van der Waals surface area contributed by atoms with Crippen LogP contribution in [0.3, 0.4) is 0 Å². The minimum absolute atomic E-state index is 0.0620. The lowest BCUT2D eigenvalue weighted by Gasteiger charge is -2.47. The molecule has 6 heteroatoms. The van der Waals surface area contributed by atoms with E-state index in [0.29, 0.717) is 18.6 Å². The van der Waals surface area contributed by atoms with Gasteiger partial charge in [0.15, 0.2) is 5.79 Å². The van der Waals surface area contributed by atoms with Crippen molar-refractivity contribution in [3.63, 3.8) is 0 Å². The molecule has 0 amide bonds. The fraction of sp³-hybridized carbons (Fsp3) is 0.565. The Balaban J connectivity index is 2.07. The lowest BCUT2D eigenvalue weighted by atomic mass is 9.82. The van der Waals surface area contributed by atoms with E-state index in [0.717, 1.165) is 52.7 Å². The summed E-state index contributed by atoms with van der Waals surface area (Å²) in [5, 5.41) is 11.4. The van der Waals surface area contributed by atoms with Gasteiger partial charge in [-0.1, -0.05) is 12.1 Å². The molecule has 2 heterocycles. The van der Waals surface area contributed by atoms with Crippen LogP contribution in [0.2, 0.25) is 0 Å². The van der Waals surface area contributed by atoms with Gasteiger partial charge < -0.3 is 28.8 Å². The van der Waals surface area contributed by atoms with Gasteiger partial charge in [0, 0.05) is 30.4 Å². The molecule has 1 fully saturated rings. The average molecular weight is 402 g/mol. The van der Waals surface area contributed by atoms with Crippen molar-refractivity contribution in [1.82, 2.24) is 0 Å². The maximum Gasteiger partial charge on any atom is 0.199 e. The van der Waals surface area contributed by atoms with Gasteiger partial charge in [0.2, 0.25) is 0 Å². The highest BCUT2D eigenvalue weighted by Gasteiger charge is 2.49. The van der Waals surface area contributed by atoms with Crippen molar-refractivity contribution >= 4 is 10.8 Å². The zero-order chi connectivity index (χ0) is 20.6. The molecule has 0 saturated carbocycles. The molecular formula is C23H30O6. The van der Waals surface area contributed by atoms with Gasteiger partial charge >= 0.3 is 0 Å². The molecule has 6 nitrogen and oxygen atoms in total. The third-order valence-corrected chi connectivity index (χ3v) is 6.06. The standard InChI is InChI=1S/C23H30O6/c1-14-7-6-11-23(28-14)20-17(13-15(29-23)10-12-24)21(26-3)16-8-5-9-18(25-2)19(16)22(20)27-4/h5,8-9,14-15,24H,6-7,10-13H2,1-4H3/t14-,15-,23+/m1/s1. The number of aliphatic hydroxyl groups is 1. The fourth-order valence-electron chi connectivity index (χ4n) is 4.94. The second-order valence-corrected chi connectivity index (χ2v) is 7.83. The van der Waals surface area contributed by atoms with Crippen LogP contribution in [0.25, 0.3) is 10.8 Å². The Kier molecular flexibility index (Phi) is 5.60. The van der Waals surface area contributed by atoms with E-state index in [1.165, 1.54) is 0 Å². The lowest BCUT2D eigenvalue weighted by molar-refractivity contribution is -0.312. The predicted octanol–water partition coefficient (Wildman–Crippen LogP) is 3.93. The van der Waals surface area contributed by atoms with Crippen molar-refractivity contribution < 1.29 is 28.8 Å². The summed E-state index contributed by atoms with van der Waals surface area (Å²) < 4.78 is 30.6. The molecule has 2 aliphatic rings. The molecule has 3 atom stereocenters. The van der Waals surface area contributed by atoms with Crippen LogP contribution in [0.1, 0.15) is 43.7 Å². The number of fused-ring (bicyclic) bond motifs is 3. The van der Waals surface area contributed by atoms with Crippen LogP contribution in [-0.4, -0.2) is 45.3 Å². The van der Waals surface area contributed by atoms with Gasteiger partial charge in [-0.15, -0.1) is 0 Å². The molecule has 158 valence electrons. The molecule has 0 unspecified atom stereocenters. The van der Waals surface area contributed by atoms with E-state index in [2.05, 4.69) is 6.92 Å². The normalized spacial score (nSPS) is 26.4. The van der Waals surface area contributed by atoms with E-state index >= 15 is 0 Å². The van der Waals surface area contributed by atoms with Gasteiger partial charge in [0.25, 0.3) is 0 Å². The smallest absolute Gasteiger partial charge is 0.199 e. The van der Waals surface area contributed by atoms with Crippen LogP contribution in [0.15, 0.2) is 18.2 Å². The summed E-state index contributed by atoms with van der Waals surface area (Å²) in [6.07, 6.45) is 3.78. The summed E-state index contributed by atoms with van der Waals surface area (Å²) in [4.78, 5) is 0. The lowest BCUT2D eigenvalue weighted by Crippen LogP contribution is -2.47. The zero-order valence-electron chi connectivity index (χ0n) is 17.6. The highest BCUT2D eigenvalue weighted by atomic mass is 16.7. The molecule has 4 rings (SSSR count). The van der Waals surface area contributed by atoms with Crippen LogP contribution >= 0.6 is 0 Å². The third-order valence-electron chi connectivity index (χ3n) is 6.06. The molecule has 1 saturated heterocycles. The van der Waals surface area contributed by atoms with Gasteiger partial charge in [-0.05, 0) is 32.3 Å². The van der Waals surface area contributed by atoms with Crippen LogP contribution in [0, 0.1) is 0 Å². The molecule has 2 aromatic carbocycles. The van der Waals surface area contributed by atoms with Crippen molar-refractivity contribution in [2.45, 2.75) is 57.0 Å². The fourth-order valence-corrected chi connectivity index (χ4v) is 4.94. The number of benzene rings is 2. The second kappa shape index (κ2) is 8.01. The number of hydrogen-bond donors (Lipinski definition) is 1. The first kappa shape index (κ1) is 20.3. The van der Waals surface area contributed by atoms with Crippen molar-refractivity contribution in [1.29, 1.82) is 0 Å². The highest BCUT2D eigenvalue weighted by molar-refractivity contribution is 6.00. The quantitative estimate of drug-likeness (QED) is 0.817. The minimum Gasteiger partial charge on any atom is -0.496 e. The zero-order valence-corrected chi connectivity index (χ0v) is 17.6. The van der Waals surface area contributed by atoms with Gasteiger partial charge in [0.05, 0.1) is 44.5 Å². The summed E-state index contributed by atoms with van der Waals surface area (Å²) in [5.41, 5.74) is 1.93. The number of hydrogen-bond acceptors (Lipinski definition) is 6. The molecule has 0 bridgehead atoms. The van der Waals surface area contributed by atoms with Gasteiger partial charge in [-0.25, -0.2) is 0 Å². The molecule has 29 heavy (non-hydrogen) atoms. The summed E-state index contributed by atoms with van der Waals surface area (Å²) in [5.74, 6) is 1.31. The summed E-state index contributed by atoms with van der Waals surface area (Å²) in [7, 11) is 5.02. The Morgan fingerprint density at radius 1 is 1.10 bits per heavy atom. The summed E-state index contributed by atoms with van der Waals surface area (Å²) >= 11 is 0. The van der Waals surface area contributed by atoms with Gasteiger partial charge in [-0.3, -0.25) is 0 Å². The number of rotatable bonds is 5. The average Bonchev–Trinajstić information content (AvgIpc) is 2.72. The van der Waals surface area contributed by atoms with Crippen molar-refractivity contribution in [3.05, 3.63) is 29.3 Å². The van der Waals surface area contributed by atoms with Crippen LogP contribution in [0.4, 0.5) is 0 Å². The molecular weight excluding hydrogens is 372 g/mol. The summed E-state index contributed by atoms with van der Waals surface area (Å²) in [6.45, 7) is 2.14. The molecule has 0 aromatic heterocycles. The predicted molar refractivity (Wildman–Crippen MR) is 110 cm³/mol. The van der Waals surface area contributed by atoms with E-state index in [-0.39, 0.29) is 18.8 Å². The Morgan fingerprint density at radius 3 is 2.55 bits per heavy atom. The van der Waals surface area contributed by atoms with E-state index < -0.39 is 5.79 Å². The second-order valence-electron chi connectivity index (χ2n) is 7.83. The van der Waals surface area contributed by atoms with Gasteiger partial charge in [-0.2, -0.15) is 0 Å². The molecule has 0 radical (unpaired) electrons. The first-order chi connectivity index (χ1) is 14.1. The van der Waals surface area contributed by atoms with Crippen molar-refractivity contribution in [2.75, 3.05) is 27.9 Å². The van der Waals surface area contributed by atoms with Crippen LogP contribution < -0.4 is 14.2 Å². The van der Waals surface area contributed by atoms with Crippen LogP contribution in [-0.2, 0) is 21.7 Å². The first-order valence-electron chi connectivity index (χ1n) is 10.3. The third kappa shape index (κ3) is 3.23. The largest absolute Gasteiger partial charge is 0.496 e. The molecule has 2 aliphatic heterocycles. The number of methoxy groups -OCH3 is 3. The Hall–Kier alpha value is -2.02. The molecule has 1 spiro atoms. The van der Waals surface area contributed by atoms with Crippen LogP contribution in [0.5, 0.6) is 17.2 Å². The maximum atomic E-state index is 9.58. The highest BCUT2D eigenvalue weighted by Crippen LogP contribution is 2.55. The van der Waals surface area contributed by atoms with E-state index in [4.69, 9.17) is 23.7 Å². The minimum atomic E-state index is -0.918. The van der Waals surface area contributed by atoms with E-state index in [9.17, 15) is 5.11 Å².